The molecule has 2 N–H and O–H groups in total. The first kappa shape index (κ1) is 8.53. The van der Waals surface area contributed by atoms with Crippen LogP contribution in [0, 0.1) is 5.92 Å². The summed E-state index contributed by atoms with van der Waals surface area (Å²) in [6.45, 7) is 4.74. The third kappa shape index (κ3) is 1.25. The molecule has 1 atom stereocenters. The Morgan fingerprint density at radius 2 is 2.27 bits per heavy atom. The molecule has 3 heteroatoms. The summed E-state index contributed by atoms with van der Waals surface area (Å²) in [5.41, 5.74) is -0.639. The predicted molar refractivity (Wildman–Crippen MR) is 42.4 cm³/mol. The Kier molecular flexibility index (Phi) is 2.18. The summed E-state index contributed by atoms with van der Waals surface area (Å²) in [6, 6.07) is 0. The smallest absolute Gasteiger partial charge is 0.324 e. The van der Waals surface area contributed by atoms with Gasteiger partial charge in [0, 0.05) is 0 Å². The van der Waals surface area contributed by atoms with Crippen molar-refractivity contribution in [3.05, 3.63) is 0 Å². The average molecular weight is 157 g/mol. The quantitative estimate of drug-likeness (QED) is 0.624. The molecule has 0 spiro atoms. The number of rotatable bonds is 2. The number of hydrogen-bond acceptors (Lipinski definition) is 2. The molecule has 64 valence electrons. The van der Waals surface area contributed by atoms with E-state index in [-0.39, 0.29) is 5.92 Å². The number of aliphatic carboxylic acids is 1. The Balaban J connectivity index is 2.79. The van der Waals surface area contributed by atoms with Crippen LogP contribution in [0.5, 0.6) is 0 Å². The van der Waals surface area contributed by atoms with Gasteiger partial charge in [-0.2, -0.15) is 0 Å². The number of carbonyl (C=O) groups is 1. The van der Waals surface area contributed by atoms with Crippen molar-refractivity contribution in [1.29, 1.82) is 0 Å². The molecule has 11 heavy (non-hydrogen) atoms. The summed E-state index contributed by atoms with van der Waals surface area (Å²) in [7, 11) is 0. The molecular weight excluding hydrogens is 142 g/mol. The molecule has 0 amide bonds. The minimum absolute atomic E-state index is 0.169. The van der Waals surface area contributed by atoms with Crippen molar-refractivity contribution in [2.45, 2.75) is 32.2 Å². The van der Waals surface area contributed by atoms with Crippen LogP contribution in [0.2, 0.25) is 0 Å². The Morgan fingerprint density at radius 1 is 1.64 bits per heavy atom. The van der Waals surface area contributed by atoms with Gasteiger partial charge < -0.3 is 10.4 Å². The lowest BCUT2D eigenvalue weighted by Gasteiger charge is -2.28. The molecule has 1 heterocycles. The molecule has 0 aliphatic carbocycles. The first-order valence-corrected chi connectivity index (χ1v) is 4.08. The molecule has 0 aromatic rings. The van der Waals surface area contributed by atoms with E-state index in [0.717, 1.165) is 19.4 Å². The normalized spacial score (nSPS) is 31.2. The van der Waals surface area contributed by atoms with E-state index in [4.69, 9.17) is 5.11 Å². The van der Waals surface area contributed by atoms with Gasteiger partial charge in [0.1, 0.15) is 5.54 Å². The minimum Gasteiger partial charge on any atom is -0.480 e. The lowest BCUT2D eigenvalue weighted by molar-refractivity contribution is -0.146. The number of carboxylic acid groups (broad SMARTS) is 1. The van der Waals surface area contributed by atoms with Crippen molar-refractivity contribution >= 4 is 5.97 Å². The minimum atomic E-state index is -0.704. The molecule has 0 aromatic heterocycles. The third-order valence-electron chi connectivity index (χ3n) is 2.56. The Labute approximate surface area is 66.8 Å². The topological polar surface area (TPSA) is 49.3 Å². The SMILES string of the molecule is CC(C)[C@]1(C(=O)O)CCCN1. The van der Waals surface area contributed by atoms with Crippen molar-refractivity contribution in [1.82, 2.24) is 5.32 Å². The summed E-state index contributed by atoms with van der Waals surface area (Å²) in [4.78, 5) is 10.9. The average Bonchev–Trinajstić information content (AvgIpc) is 2.34. The van der Waals surface area contributed by atoms with Gasteiger partial charge in [-0.15, -0.1) is 0 Å². The first-order chi connectivity index (χ1) is 5.09. The zero-order valence-corrected chi connectivity index (χ0v) is 7.05. The fraction of sp³-hybridized carbons (Fsp3) is 0.875. The van der Waals surface area contributed by atoms with Gasteiger partial charge >= 0.3 is 5.97 Å². The lowest BCUT2D eigenvalue weighted by atomic mass is 9.85. The van der Waals surface area contributed by atoms with Gasteiger partial charge in [0.15, 0.2) is 0 Å². The number of nitrogens with one attached hydrogen (secondary N) is 1. The van der Waals surface area contributed by atoms with Crippen molar-refractivity contribution in [3.8, 4) is 0 Å². The molecule has 1 fully saturated rings. The van der Waals surface area contributed by atoms with Crippen LogP contribution in [0.25, 0.3) is 0 Å². The zero-order valence-electron chi connectivity index (χ0n) is 7.05. The van der Waals surface area contributed by atoms with E-state index in [9.17, 15) is 4.79 Å². The molecule has 0 aromatic carbocycles. The second-order valence-corrected chi connectivity index (χ2v) is 3.46. The fourth-order valence-electron chi connectivity index (χ4n) is 1.69. The standard InChI is InChI=1S/C8H15NO2/c1-6(2)8(7(10)11)4-3-5-9-8/h6,9H,3-5H2,1-2H3,(H,10,11)/t8-/m0/s1. The molecular formula is C8H15NO2. The highest BCUT2D eigenvalue weighted by Crippen LogP contribution is 2.27. The van der Waals surface area contributed by atoms with Gasteiger partial charge in [0.25, 0.3) is 0 Å². The van der Waals surface area contributed by atoms with Crippen LogP contribution in [0.3, 0.4) is 0 Å². The van der Waals surface area contributed by atoms with Crippen LogP contribution in [-0.2, 0) is 4.79 Å². The van der Waals surface area contributed by atoms with Gasteiger partial charge in [0.05, 0.1) is 0 Å². The highest BCUT2D eigenvalue weighted by molar-refractivity contribution is 5.79. The predicted octanol–water partition coefficient (Wildman–Crippen LogP) is 0.849. The zero-order chi connectivity index (χ0) is 8.48. The van der Waals surface area contributed by atoms with Crippen LogP contribution in [0.15, 0.2) is 0 Å². The fourth-order valence-corrected chi connectivity index (χ4v) is 1.69. The van der Waals surface area contributed by atoms with Crippen LogP contribution < -0.4 is 5.32 Å². The summed E-state index contributed by atoms with van der Waals surface area (Å²) >= 11 is 0. The van der Waals surface area contributed by atoms with Crippen molar-refractivity contribution in [3.63, 3.8) is 0 Å². The van der Waals surface area contributed by atoms with E-state index in [2.05, 4.69) is 5.32 Å². The molecule has 1 aliphatic heterocycles. The molecule has 0 saturated carbocycles. The van der Waals surface area contributed by atoms with Crippen LogP contribution >= 0.6 is 0 Å². The van der Waals surface area contributed by atoms with E-state index in [1.807, 2.05) is 13.8 Å². The summed E-state index contributed by atoms with van der Waals surface area (Å²) in [5, 5.41) is 12.0. The molecule has 1 aliphatic rings. The van der Waals surface area contributed by atoms with E-state index >= 15 is 0 Å². The highest BCUT2D eigenvalue weighted by Gasteiger charge is 2.43. The maximum absolute atomic E-state index is 10.9. The molecule has 3 nitrogen and oxygen atoms in total. The summed E-state index contributed by atoms with van der Waals surface area (Å²) in [6.07, 6.45) is 1.74. The van der Waals surface area contributed by atoms with Crippen molar-refractivity contribution in [2.24, 2.45) is 5.92 Å². The van der Waals surface area contributed by atoms with Gasteiger partial charge in [-0.3, -0.25) is 4.79 Å². The molecule has 0 unspecified atom stereocenters. The van der Waals surface area contributed by atoms with Gasteiger partial charge in [-0.1, -0.05) is 13.8 Å². The van der Waals surface area contributed by atoms with Crippen LogP contribution in [0.1, 0.15) is 26.7 Å². The van der Waals surface area contributed by atoms with Crippen molar-refractivity contribution in [2.75, 3.05) is 6.54 Å². The summed E-state index contributed by atoms with van der Waals surface area (Å²) < 4.78 is 0. The van der Waals surface area contributed by atoms with Crippen LogP contribution in [-0.4, -0.2) is 23.2 Å². The number of carboxylic acids is 1. The molecule has 0 bridgehead atoms. The second kappa shape index (κ2) is 2.81. The largest absolute Gasteiger partial charge is 0.480 e. The Bertz CT molecular complexity index is 159. The number of hydrogen-bond donors (Lipinski definition) is 2. The van der Waals surface area contributed by atoms with E-state index in [1.165, 1.54) is 0 Å². The lowest BCUT2D eigenvalue weighted by Crippen LogP contribution is -2.51. The monoisotopic (exact) mass is 157 g/mol. The Morgan fingerprint density at radius 3 is 2.45 bits per heavy atom. The first-order valence-electron chi connectivity index (χ1n) is 4.08. The van der Waals surface area contributed by atoms with E-state index in [1.54, 1.807) is 0 Å². The second-order valence-electron chi connectivity index (χ2n) is 3.46. The summed E-state index contributed by atoms with van der Waals surface area (Å²) in [5.74, 6) is -0.535. The molecule has 1 rings (SSSR count). The van der Waals surface area contributed by atoms with E-state index in [0.29, 0.717) is 0 Å². The molecule has 1 saturated heterocycles. The van der Waals surface area contributed by atoms with Crippen LogP contribution in [0.4, 0.5) is 0 Å². The maximum atomic E-state index is 10.9. The Hall–Kier alpha value is -0.570. The van der Waals surface area contributed by atoms with Crippen molar-refractivity contribution < 1.29 is 9.90 Å². The van der Waals surface area contributed by atoms with Gasteiger partial charge in [-0.05, 0) is 25.3 Å². The van der Waals surface area contributed by atoms with Gasteiger partial charge in [0.2, 0.25) is 0 Å². The van der Waals surface area contributed by atoms with Gasteiger partial charge in [-0.25, -0.2) is 0 Å². The third-order valence-corrected chi connectivity index (χ3v) is 2.56. The van der Waals surface area contributed by atoms with E-state index < -0.39 is 11.5 Å². The maximum Gasteiger partial charge on any atom is 0.324 e. The highest BCUT2D eigenvalue weighted by atomic mass is 16.4. The molecule has 0 radical (unpaired) electrons.